The molecule has 1 aromatic carbocycles. The van der Waals surface area contributed by atoms with Crippen LogP contribution < -0.4 is 11.1 Å². The number of nitrogens with two attached hydrogens (primary N) is 1. The van der Waals surface area contributed by atoms with E-state index in [2.05, 4.69) is 10.3 Å². The number of primary amides is 1. The van der Waals surface area contributed by atoms with Crippen LogP contribution in [0.2, 0.25) is 0 Å². The second-order valence-electron chi connectivity index (χ2n) is 4.11. The summed E-state index contributed by atoms with van der Waals surface area (Å²) in [5.74, 6) is -1.74. The Morgan fingerprint density at radius 3 is 2.43 bits per heavy atom. The van der Waals surface area contributed by atoms with Crippen molar-refractivity contribution in [3.8, 4) is 0 Å². The molecule has 110 valence electrons. The highest BCUT2D eigenvalue weighted by Gasteiger charge is 2.34. The largest absolute Gasteiger partial charge is 0.418 e. The number of aromatic nitrogens is 1. The van der Waals surface area contributed by atoms with Crippen molar-refractivity contribution in [2.24, 2.45) is 5.73 Å². The zero-order chi connectivity index (χ0) is 15.6. The maximum atomic E-state index is 13.0. The van der Waals surface area contributed by atoms with Crippen LogP contribution in [-0.2, 0) is 6.18 Å². The van der Waals surface area contributed by atoms with E-state index < -0.39 is 23.5 Å². The van der Waals surface area contributed by atoms with Crippen LogP contribution in [0.25, 0.3) is 0 Å². The minimum absolute atomic E-state index is 0.0179. The Morgan fingerprint density at radius 2 is 1.90 bits per heavy atom. The zero-order valence-corrected chi connectivity index (χ0v) is 10.4. The number of hydrogen-bond donors (Lipinski definition) is 2. The Morgan fingerprint density at radius 1 is 1.19 bits per heavy atom. The van der Waals surface area contributed by atoms with Crippen LogP contribution in [-0.4, -0.2) is 10.9 Å². The van der Waals surface area contributed by atoms with Crippen molar-refractivity contribution >= 4 is 17.3 Å². The van der Waals surface area contributed by atoms with Gasteiger partial charge in [0, 0.05) is 0 Å². The summed E-state index contributed by atoms with van der Waals surface area (Å²) in [4.78, 5) is 14.5. The van der Waals surface area contributed by atoms with Crippen molar-refractivity contribution in [3.63, 3.8) is 0 Å². The number of carbonyl (C=O) groups excluding carboxylic acids is 1. The van der Waals surface area contributed by atoms with Crippen molar-refractivity contribution in [1.82, 2.24) is 4.98 Å². The van der Waals surface area contributed by atoms with E-state index in [4.69, 9.17) is 5.73 Å². The molecule has 2 aromatic rings. The fourth-order valence-corrected chi connectivity index (χ4v) is 1.63. The first-order valence-corrected chi connectivity index (χ1v) is 5.67. The summed E-state index contributed by atoms with van der Waals surface area (Å²) < 4.78 is 51.4. The monoisotopic (exact) mass is 299 g/mol. The van der Waals surface area contributed by atoms with Crippen molar-refractivity contribution in [1.29, 1.82) is 0 Å². The van der Waals surface area contributed by atoms with Crippen LogP contribution in [0.3, 0.4) is 0 Å². The summed E-state index contributed by atoms with van der Waals surface area (Å²) in [5.41, 5.74) is 3.73. The topological polar surface area (TPSA) is 68.0 Å². The number of nitrogens with zero attached hydrogens (tertiary/aromatic N) is 1. The lowest BCUT2D eigenvalue weighted by Crippen LogP contribution is -2.13. The number of pyridine rings is 1. The van der Waals surface area contributed by atoms with E-state index in [-0.39, 0.29) is 17.1 Å². The van der Waals surface area contributed by atoms with Gasteiger partial charge in [-0.15, -0.1) is 0 Å². The first kappa shape index (κ1) is 14.8. The van der Waals surface area contributed by atoms with Crippen molar-refractivity contribution in [2.75, 3.05) is 5.32 Å². The second kappa shape index (κ2) is 5.39. The average Bonchev–Trinajstić information content (AvgIpc) is 2.40. The molecule has 0 aliphatic carbocycles. The van der Waals surface area contributed by atoms with Gasteiger partial charge in [-0.25, -0.2) is 9.37 Å². The normalized spacial score (nSPS) is 11.2. The van der Waals surface area contributed by atoms with Gasteiger partial charge < -0.3 is 11.1 Å². The third-order valence-electron chi connectivity index (χ3n) is 2.58. The Kier molecular flexibility index (Phi) is 3.79. The van der Waals surface area contributed by atoms with Crippen LogP contribution in [0.1, 0.15) is 16.1 Å². The van der Waals surface area contributed by atoms with E-state index in [0.29, 0.717) is 6.07 Å². The maximum Gasteiger partial charge on any atom is 0.418 e. The molecule has 1 amide bonds. The first-order valence-electron chi connectivity index (χ1n) is 5.67. The Labute approximate surface area is 116 Å². The third-order valence-corrected chi connectivity index (χ3v) is 2.58. The number of carbonyl (C=O) groups is 1. The van der Waals surface area contributed by atoms with Crippen LogP contribution >= 0.6 is 0 Å². The lowest BCUT2D eigenvalue weighted by Gasteiger charge is -2.14. The molecule has 0 atom stereocenters. The molecule has 0 aliphatic rings. The summed E-state index contributed by atoms with van der Waals surface area (Å²) in [6.45, 7) is 0. The van der Waals surface area contributed by atoms with Gasteiger partial charge >= 0.3 is 6.18 Å². The van der Waals surface area contributed by atoms with Gasteiger partial charge in [-0.2, -0.15) is 13.2 Å². The predicted octanol–water partition coefficient (Wildman–Crippen LogP) is 3.08. The molecule has 4 nitrogen and oxygen atoms in total. The summed E-state index contributed by atoms with van der Waals surface area (Å²) in [7, 11) is 0. The molecular formula is C13H9F4N3O. The first-order chi connectivity index (χ1) is 9.77. The molecular weight excluding hydrogens is 290 g/mol. The van der Waals surface area contributed by atoms with Crippen LogP contribution in [0.4, 0.5) is 28.9 Å². The standard InChI is InChI=1S/C13H9F4N3O/c14-7-1-3-10(9(5-7)13(15,16)17)20-8-2-4-11(12(18)21)19-6-8/h1-6,20H,(H2,18,21). The highest BCUT2D eigenvalue weighted by atomic mass is 19.4. The van der Waals surface area contributed by atoms with Gasteiger partial charge in [0.2, 0.25) is 0 Å². The number of nitrogens with one attached hydrogen (secondary N) is 1. The van der Waals surface area contributed by atoms with E-state index >= 15 is 0 Å². The highest BCUT2D eigenvalue weighted by molar-refractivity contribution is 5.91. The van der Waals surface area contributed by atoms with Crippen LogP contribution in [0.15, 0.2) is 36.5 Å². The molecule has 3 N–H and O–H groups in total. The number of anilines is 2. The van der Waals surface area contributed by atoms with Gasteiger partial charge in [0.15, 0.2) is 0 Å². The summed E-state index contributed by atoms with van der Waals surface area (Å²) in [6, 6.07) is 4.88. The quantitative estimate of drug-likeness (QED) is 0.856. The second-order valence-corrected chi connectivity index (χ2v) is 4.11. The molecule has 0 aliphatic heterocycles. The molecule has 0 unspecified atom stereocenters. The fraction of sp³-hybridized carbons (Fsp3) is 0.0769. The molecule has 1 aromatic heterocycles. The Bertz CT molecular complexity index is 668. The smallest absolute Gasteiger partial charge is 0.364 e. The van der Waals surface area contributed by atoms with Gasteiger partial charge in [-0.05, 0) is 30.3 Å². The van der Waals surface area contributed by atoms with Crippen molar-refractivity contribution < 1.29 is 22.4 Å². The van der Waals surface area contributed by atoms with E-state index in [1.165, 1.54) is 12.1 Å². The molecule has 21 heavy (non-hydrogen) atoms. The Hall–Kier alpha value is -2.64. The molecule has 1 heterocycles. The van der Waals surface area contributed by atoms with E-state index in [9.17, 15) is 22.4 Å². The van der Waals surface area contributed by atoms with Crippen molar-refractivity contribution in [2.45, 2.75) is 6.18 Å². The molecule has 8 heteroatoms. The van der Waals surface area contributed by atoms with E-state index in [0.717, 1.165) is 18.3 Å². The zero-order valence-electron chi connectivity index (χ0n) is 10.4. The lowest BCUT2D eigenvalue weighted by molar-refractivity contribution is -0.137. The highest BCUT2D eigenvalue weighted by Crippen LogP contribution is 2.36. The molecule has 2 rings (SSSR count). The number of hydrogen-bond acceptors (Lipinski definition) is 3. The average molecular weight is 299 g/mol. The number of benzene rings is 1. The van der Waals surface area contributed by atoms with Crippen molar-refractivity contribution in [3.05, 3.63) is 53.6 Å². The van der Waals surface area contributed by atoms with E-state index in [1.54, 1.807) is 0 Å². The molecule has 0 saturated heterocycles. The molecule has 0 bridgehead atoms. The van der Waals surface area contributed by atoms with Gasteiger partial charge in [-0.3, -0.25) is 4.79 Å². The van der Waals surface area contributed by atoms with Crippen LogP contribution in [0.5, 0.6) is 0 Å². The SMILES string of the molecule is NC(=O)c1ccc(Nc2ccc(F)cc2C(F)(F)F)cn1. The van der Waals surface area contributed by atoms with Gasteiger partial charge in [0.05, 0.1) is 23.1 Å². The number of amides is 1. The third kappa shape index (κ3) is 3.47. The molecule has 0 fully saturated rings. The Balaban J connectivity index is 2.33. The number of alkyl halides is 3. The minimum atomic E-state index is -4.70. The molecule has 0 saturated carbocycles. The number of rotatable bonds is 3. The minimum Gasteiger partial charge on any atom is -0.364 e. The number of halogens is 4. The summed E-state index contributed by atoms with van der Waals surface area (Å²) >= 11 is 0. The summed E-state index contributed by atoms with van der Waals surface area (Å²) in [6.07, 6.45) is -3.55. The predicted molar refractivity (Wildman–Crippen MR) is 67.4 cm³/mol. The molecule has 0 spiro atoms. The lowest BCUT2D eigenvalue weighted by atomic mass is 10.1. The van der Waals surface area contributed by atoms with Gasteiger partial charge in [0.25, 0.3) is 5.91 Å². The maximum absolute atomic E-state index is 13.0. The summed E-state index contributed by atoms with van der Waals surface area (Å²) in [5, 5.41) is 2.47. The fourth-order valence-electron chi connectivity index (χ4n) is 1.63. The molecule has 0 radical (unpaired) electrons. The van der Waals surface area contributed by atoms with Crippen LogP contribution in [0, 0.1) is 5.82 Å². The van der Waals surface area contributed by atoms with Gasteiger partial charge in [-0.1, -0.05) is 0 Å². The van der Waals surface area contributed by atoms with E-state index in [1.807, 2.05) is 0 Å². The van der Waals surface area contributed by atoms with Gasteiger partial charge in [0.1, 0.15) is 11.5 Å².